The molecule has 3 rings (SSSR count). The largest absolute Gasteiger partial charge is 0.218 e. The predicted octanol–water partition coefficient (Wildman–Crippen LogP) is 10.7. The maximum atomic E-state index is 6.62. The first kappa shape index (κ1) is 29.1. The second kappa shape index (κ2) is 12.0. The Labute approximate surface area is 229 Å². The molecule has 0 bridgehead atoms. The van der Waals surface area contributed by atoms with Gasteiger partial charge in [-0.3, -0.25) is 0 Å². The Bertz CT molecular complexity index is 1040. The van der Waals surface area contributed by atoms with Crippen LogP contribution in [0.15, 0.2) is 78.4 Å². The van der Waals surface area contributed by atoms with E-state index in [0.29, 0.717) is 11.3 Å². The van der Waals surface area contributed by atoms with Gasteiger partial charge in [-0.2, -0.15) is 0 Å². The summed E-state index contributed by atoms with van der Waals surface area (Å²) in [5, 5.41) is 0. The number of benzene rings is 1. The highest BCUT2D eigenvalue weighted by molar-refractivity contribution is 8.35. The van der Waals surface area contributed by atoms with Crippen molar-refractivity contribution in [2.45, 2.75) is 89.1 Å². The van der Waals surface area contributed by atoms with Crippen molar-refractivity contribution in [1.82, 2.24) is 0 Å². The van der Waals surface area contributed by atoms with E-state index in [0.717, 1.165) is 6.42 Å². The minimum Gasteiger partial charge on any atom is -0.218 e. The Morgan fingerprint density at radius 3 is 2.36 bits per heavy atom. The Morgan fingerprint density at radius 1 is 1.00 bits per heavy atom. The summed E-state index contributed by atoms with van der Waals surface area (Å²) in [5.74, 6) is 1.93. The highest BCUT2D eigenvalue weighted by atomic mass is 35.5. The smallest absolute Gasteiger partial charge is 0.0462 e. The number of allylic oxidation sites excluding steroid dienone is 5. The first-order valence-electron chi connectivity index (χ1n) is 13.9. The summed E-state index contributed by atoms with van der Waals surface area (Å²) in [5.41, 5.74) is 6.07. The van der Waals surface area contributed by atoms with Gasteiger partial charge >= 0.3 is 0 Å². The maximum Gasteiger partial charge on any atom is 0.0462 e. The van der Waals surface area contributed by atoms with Gasteiger partial charge in [-0.15, -0.1) is 11.6 Å². The van der Waals surface area contributed by atoms with Crippen LogP contribution in [0, 0.1) is 5.41 Å². The van der Waals surface area contributed by atoms with Crippen molar-refractivity contribution in [3.63, 3.8) is 0 Å². The molecule has 3 atom stereocenters. The quantitative estimate of drug-likeness (QED) is 0.188. The van der Waals surface area contributed by atoms with Gasteiger partial charge in [-0.05, 0) is 72.8 Å². The Kier molecular flexibility index (Phi) is 9.67. The average Bonchev–Trinajstić information content (AvgIpc) is 3.37. The summed E-state index contributed by atoms with van der Waals surface area (Å²) in [4.78, 5) is 0. The Balaban J connectivity index is 1.97. The maximum absolute atomic E-state index is 6.62. The first-order valence-corrected chi connectivity index (χ1v) is 16.6. The Hall–Kier alpha value is -1.44. The zero-order valence-electron chi connectivity index (χ0n) is 23.7. The molecule has 2 aliphatic carbocycles. The lowest BCUT2D eigenvalue weighted by Gasteiger charge is -2.60. The molecule has 2 aliphatic rings. The van der Waals surface area contributed by atoms with Crippen LogP contribution in [0.25, 0.3) is 6.08 Å². The van der Waals surface area contributed by atoms with Crippen LogP contribution < -0.4 is 0 Å². The van der Waals surface area contributed by atoms with Crippen molar-refractivity contribution < 1.29 is 0 Å². The number of hydrogen-bond donors (Lipinski definition) is 0. The second-order valence-corrected chi connectivity index (χ2v) is 16.7. The van der Waals surface area contributed by atoms with Gasteiger partial charge in [-0.25, -0.2) is 10.0 Å². The Morgan fingerprint density at radius 2 is 1.69 bits per heavy atom. The molecule has 0 radical (unpaired) electrons. The molecule has 0 fully saturated rings. The van der Waals surface area contributed by atoms with Gasteiger partial charge in [0.1, 0.15) is 0 Å². The number of halogens is 1. The molecule has 1 aromatic carbocycles. The van der Waals surface area contributed by atoms with Gasteiger partial charge in [0.15, 0.2) is 0 Å². The fourth-order valence-corrected chi connectivity index (χ4v) is 11.9. The molecule has 0 amide bonds. The highest BCUT2D eigenvalue weighted by Crippen LogP contribution is 2.76. The summed E-state index contributed by atoms with van der Waals surface area (Å²) < 4.78 is -0.0365. The second-order valence-electron chi connectivity index (χ2n) is 12.1. The molecule has 0 aliphatic heterocycles. The summed E-state index contributed by atoms with van der Waals surface area (Å²) in [6, 6.07) is 9.04. The number of alkyl halides is 1. The van der Waals surface area contributed by atoms with Gasteiger partial charge in [0.2, 0.25) is 0 Å². The van der Waals surface area contributed by atoms with Crippen molar-refractivity contribution in [3.05, 3.63) is 89.6 Å². The predicted molar refractivity (Wildman–Crippen MR) is 168 cm³/mol. The third-order valence-electron chi connectivity index (χ3n) is 8.65. The molecule has 3 unspecified atom stereocenters. The van der Waals surface area contributed by atoms with Crippen LogP contribution in [-0.4, -0.2) is 22.6 Å². The van der Waals surface area contributed by atoms with Crippen LogP contribution in [-0.2, 0) is 4.75 Å². The first-order chi connectivity index (χ1) is 17.1. The molecular formula is C34H49ClS. The molecule has 198 valence electrons. The van der Waals surface area contributed by atoms with Crippen LogP contribution in [0.3, 0.4) is 0 Å². The molecule has 0 nitrogen and oxygen atoms in total. The number of hydrogen-bond acceptors (Lipinski definition) is 0. The fraction of sp³-hybridized carbons (Fsp3) is 0.529. The molecular weight excluding hydrogens is 476 g/mol. The lowest BCUT2D eigenvalue weighted by Crippen LogP contribution is -2.44. The van der Waals surface area contributed by atoms with Crippen LogP contribution in [0.5, 0.6) is 0 Å². The van der Waals surface area contributed by atoms with E-state index in [1.165, 1.54) is 66.6 Å². The molecule has 0 N–H and O–H groups in total. The highest BCUT2D eigenvalue weighted by Gasteiger charge is 2.56. The lowest BCUT2D eigenvalue weighted by atomic mass is 9.89. The van der Waals surface area contributed by atoms with Crippen molar-refractivity contribution in [2.24, 2.45) is 5.41 Å². The van der Waals surface area contributed by atoms with E-state index in [4.69, 9.17) is 11.6 Å². The monoisotopic (exact) mass is 524 g/mol. The minimum absolute atomic E-state index is 0.0172. The van der Waals surface area contributed by atoms with Gasteiger partial charge in [0, 0.05) is 15.4 Å². The summed E-state index contributed by atoms with van der Waals surface area (Å²) in [7, 11) is -1.26. The van der Waals surface area contributed by atoms with Crippen LogP contribution in [0.1, 0.15) is 90.7 Å². The summed E-state index contributed by atoms with van der Waals surface area (Å²) >= 11 is 6.62. The van der Waals surface area contributed by atoms with Crippen molar-refractivity contribution >= 4 is 27.7 Å². The average molecular weight is 525 g/mol. The SMILES string of the molecule is C=C/C=C1/C=CC(C)(S(C)(CCCCCCCC(C)(C)C)C2(CCCl)C=Cc3ccccc32)/C1=C/C. The van der Waals surface area contributed by atoms with Crippen molar-refractivity contribution in [2.75, 3.05) is 17.9 Å². The zero-order chi connectivity index (χ0) is 26.5. The molecule has 0 heterocycles. The number of fused-ring (bicyclic) bond motifs is 1. The van der Waals surface area contributed by atoms with Crippen LogP contribution in [0.2, 0.25) is 0 Å². The number of unbranched alkanes of at least 4 members (excludes halogenated alkanes) is 4. The van der Waals surface area contributed by atoms with Gasteiger partial charge in [-0.1, -0.05) is 120 Å². The summed E-state index contributed by atoms with van der Waals surface area (Å²) in [6.45, 7) is 15.8. The molecule has 0 saturated carbocycles. The van der Waals surface area contributed by atoms with Gasteiger partial charge < -0.3 is 0 Å². The molecule has 1 aromatic rings. The number of rotatable bonds is 12. The standard InChI is InChI=1S/C34H49ClS/c1-8-17-28-20-23-33(6,30(28)9-2)36(7,27-16-12-10-11-15-22-32(3,4)5)34(25-26-35)24-21-29-18-13-14-19-31(29)34/h8-9,13-14,17-21,23-24H,1,10-12,15-16,22,25-27H2,2-7H3/b28-17-,30-9+. The van der Waals surface area contributed by atoms with Crippen molar-refractivity contribution in [1.29, 1.82) is 0 Å². The molecule has 0 saturated heterocycles. The van der Waals surface area contributed by atoms with Crippen molar-refractivity contribution in [3.8, 4) is 0 Å². The molecule has 0 aromatic heterocycles. The van der Waals surface area contributed by atoms with Crippen LogP contribution in [0.4, 0.5) is 0 Å². The fourth-order valence-electron chi connectivity index (χ4n) is 6.50. The van der Waals surface area contributed by atoms with E-state index in [1.807, 2.05) is 6.08 Å². The van der Waals surface area contributed by atoms with E-state index in [-0.39, 0.29) is 9.49 Å². The van der Waals surface area contributed by atoms with E-state index in [9.17, 15) is 0 Å². The molecule has 36 heavy (non-hydrogen) atoms. The lowest BCUT2D eigenvalue weighted by molar-refractivity contribution is 0.357. The normalized spacial score (nSPS) is 28.0. The topological polar surface area (TPSA) is 0 Å². The van der Waals surface area contributed by atoms with Gasteiger partial charge in [0.25, 0.3) is 0 Å². The third-order valence-corrected chi connectivity index (χ3v) is 14.3. The molecule has 0 spiro atoms. The summed E-state index contributed by atoms with van der Waals surface area (Å²) in [6.07, 6.45) is 27.8. The van der Waals surface area contributed by atoms with Crippen LogP contribution >= 0.6 is 21.6 Å². The third kappa shape index (κ3) is 5.53. The van der Waals surface area contributed by atoms with E-state index < -0.39 is 10.0 Å². The van der Waals surface area contributed by atoms with E-state index in [2.05, 4.69) is 108 Å². The van der Waals surface area contributed by atoms with Gasteiger partial charge in [0.05, 0.1) is 0 Å². The zero-order valence-corrected chi connectivity index (χ0v) is 25.3. The molecule has 2 heteroatoms. The van der Waals surface area contributed by atoms with E-state index >= 15 is 0 Å². The van der Waals surface area contributed by atoms with E-state index in [1.54, 1.807) is 0 Å². The minimum atomic E-state index is -1.26.